The van der Waals surface area contributed by atoms with Crippen molar-refractivity contribution in [2.45, 2.75) is 38.6 Å². The smallest absolute Gasteiger partial charge is 0.0719 e. The van der Waals surface area contributed by atoms with E-state index < -0.39 is 0 Å². The van der Waals surface area contributed by atoms with Crippen LogP contribution in [0.1, 0.15) is 32.1 Å². The number of hydrogen-bond donors (Lipinski definition) is 1. The first-order chi connectivity index (χ1) is 6.83. The van der Waals surface area contributed by atoms with Gasteiger partial charge < -0.3 is 5.73 Å². The predicted octanol–water partition coefficient (Wildman–Crippen LogP) is 1.94. The average Bonchev–Trinajstić information content (AvgIpc) is 2.58. The third-order valence-electron chi connectivity index (χ3n) is 2.08. The number of aromatic nitrogens is 2. The van der Waals surface area contributed by atoms with Crippen LogP contribution in [0.25, 0.3) is 0 Å². The fraction of sp³-hybridized carbons (Fsp3) is 0.600. The van der Waals surface area contributed by atoms with Gasteiger partial charge in [0, 0.05) is 19.2 Å². The Hall–Kier alpha value is -1.50. The van der Waals surface area contributed by atoms with Crippen LogP contribution in [-0.2, 0) is 6.54 Å². The summed E-state index contributed by atoms with van der Waals surface area (Å²) in [6.45, 7) is 0.920. The van der Waals surface area contributed by atoms with Crippen LogP contribution in [0.2, 0.25) is 0 Å². The summed E-state index contributed by atoms with van der Waals surface area (Å²) < 4.78 is 1.86. The first-order valence-corrected chi connectivity index (χ1v) is 4.98. The van der Waals surface area contributed by atoms with Crippen LogP contribution in [0.4, 0.5) is 5.69 Å². The molecule has 1 rings (SSSR count). The topological polar surface area (TPSA) is 67.6 Å². The zero-order chi connectivity index (χ0) is 10.2. The second-order valence-corrected chi connectivity index (χ2v) is 3.36. The molecule has 14 heavy (non-hydrogen) atoms. The highest BCUT2D eigenvalue weighted by Gasteiger charge is 1.94. The standard InChI is InChI=1S/C10H16N4/c11-6-4-2-1-3-5-7-14-9-10(12)8-13-14/h8-9H,1-5,7,12H2. The minimum atomic E-state index is 0.675. The number of anilines is 1. The molecule has 4 nitrogen and oxygen atoms in total. The second-order valence-electron chi connectivity index (χ2n) is 3.36. The van der Waals surface area contributed by atoms with E-state index in [1.165, 1.54) is 0 Å². The van der Waals surface area contributed by atoms with Crippen molar-refractivity contribution >= 4 is 5.69 Å². The van der Waals surface area contributed by atoms with E-state index in [1.54, 1.807) is 6.20 Å². The summed E-state index contributed by atoms with van der Waals surface area (Å²) in [5, 5.41) is 12.4. The van der Waals surface area contributed by atoms with Gasteiger partial charge in [-0.15, -0.1) is 0 Å². The number of nitrogen functional groups attached to an aromatic ring is 1. The number of nitrogens with two attached hydrogens (primary N) is 1. The lowest BCUT2D eigenvalue weighted by molar-refractivity contribution is 0.537. The highest BCUT2D eigenvalue weighted by molar-refractivity contribution is 5.30. The zero-order valence-electron chi connectivity index (χ0n) is 8.32. The first kappa shape index (κ1) is 10.6. The number of hydrogen-bond acceptors (Lipinski definition) is 3. The molecular weight excluding hydrogens is 176 g/mol. The number of nitriles is 1. The van der Waals surface area contributed by atoms with Crippen molar-refractivity contribution in [3.05, 3.63) is 12.4 Å². The SMILES string of the molecule is N#CCCCCCCn1cc(N)cn1. The maximum absolute atomic E-state index is 8.33. The van der Waals surface area contributed by atoms with Gasteiger partial charge in [-0.2, -0.15) is 10.4 Å². The van der Waals surface area contributed by atoms with Crippen LogP contribution in [0.15, 0.2) is 12.4 Å². The summed E-state index contributed by atoms with van der Waals surface area (Å²) in [6, 6.07) is 2.15. The number of unbranched alkanes of at least 4 members (excludes halogenated alkanes) is 4. The Labute approximate surface area is 84.3 Å². The Morgan fingerprint density at radius 3 is 2.79 bits per heavy atom. The van der Waals surface area contributed by atoms with Crippen LogP contribution in [0.5, 0.6) is 0 Å². The largest absolute Gasteiger partial charge is 0.396 e. The van der Waals surface area contributed by atoms with Gasteiger partial charge >= 0.3 is 0 Å². The third-order valence-corrected chi connectivity index (χ3v) is 2.08. The van der Waals surface area contributed by atoms with Gasteiger partial charge in [0.2, 0.25) is 0 Å². The molecule has 0 atom stereocenters. The quantitative estimate of drug-likeness (QED) is 0.700. The molecule has 1 heterocycles. The first-order valence-electron chi connectivity index (χ1n) is 4.98. The molecule has 1 aromatic heterocycles. The zero-order valence-corrected chi connectivity index (χ0v) is 8.32. The Balaban J connectivity index is 2.02. The van der Waals surface area contributed by atoms with Crippen molar-refractivity contribution in [1.82, 2.24) is 9.78 Å². The van der Waals surface area contributed by atoms with Gasteiger partial charge in [-0.25, -0.2) is 0 Å². The molecule has 0 aliphatic heterocycles. The van der Waals surface area contributed by atoms with Crippen LogP contribution in [0.3, 0.4) is 0 Å². The molecule has 1 aromatic rings. The van der Waals surface area contributed by atoms with E-state index in [2.05, 4.69) is 11.2 Å². The van der Waals surface area contributed by atoms with E-state index in [0.717, 1.165) is 37.9 Å². The van der Waals surface area contributed by atoms with E-state index >= 15 is 0 Å². The molecule has 0 aliphatic carbocycles. The average molecular weight is 192 g/mol. The van der Waals surface area contributed by atoms with Crippen LogP contribution < -0.4 is 5.73 Å². The van der Waals surface area contributed by atoms with Gasteiger partial charge in [0.25, 0.3) is 0 Å². The molecule has 0 spiro atoms. The normalized spacial score (nSPS) is 9.93. The molecule has 0 amide bonds. The predicted molar refractivity (Wildman–Crippen MR) is 55.3 cm³/mol. The van der Waals surface area contributed by atoms with E-state index in [1.807, 2.05) is 10.9 Å². The minimum Gasteiger partial charge on any atom is -0.396 e. The Morgan fingerprint density at radius 1 is 1.36 bits per heavy atom. The van der Waals surface area contributed by atoms with Crippen LogP contribution in [-0.4, -0.2) is 9.78 Å². The highest BCUT2D eigenvalue weighted by Crippen LogP contribution is 2.05. The monoisotopic (exact) mass is 192 g/mol. The molecule has 2 N–H and O–H groups in total. The van der Waals surface area contributed by atoms with Gasteiger partial charge in [0.15, 0.2) is 0 Å². The van der Waals surface area contributed by atoms with Gasteiger partial charge in [-0.3, -0.25) is 4.68 Å². The van der Waals surface area contributed by atoms with Gasteiger partial charge in [-0.1, -0.05) is 12.8 Å². The summed E-state index contributed by atoms with van der Waals surface area (Å²) in [7, 11) is 0. The second kappa shape index (κ2) is 6.03. The number of nitrogens with zero attached hydrogens (tertiary/aromatic N) is 3. The molecule has 0 bridgehead atoms. The maximum Gasteiger partial charge on any atom is 0.0719 e. The summed E-state index contributed by atoms with van der Waals surface area (Å²) in [6.07, 6.45) is 8.58. The lowest BCUT2D eigenvalue weighted by atomic mass is 10.1. The molecule has 0 fully saturated rings. The van der Waals surface area contributed by atoms with Crippen LogP contribution >= 0.6 is 0 Å². The van der Waals surface area contributed by atoms with Crippen molar-refractivity contribution in [2.75, 3.05) is 5.73 Å². The summed E-state index contributed by atoms with van der Waals surface area (Å²) >= 11 is 0. The number of rotatable bonds is 6. The van der Waals surface area contributed by atoms with Gasteiger partial charge in [-0.05, 0) is 12.8 Å². The van der Waals surface area contributed by atoms with Crippen molar-refractivity contribution in [3.63, 3.8) is 0 Å². The van der Waals surface area contributed by atoms with Crippen LogP contribution in [0, 0.1) is 11.3 Å². The van der Waals surface area contributed by atoms with Gasteiger partial charge in [0.05, 0.1) is 18.0 Å². The molecule has 0 aromatic carbocycles. The maximum atomic E-state index is 8.33. The highest BCUT2D eigenvalue weighted by atomic mass is 15.3. The van der Waals surface area contributed by atoms with E-state index in [0.29, 0.717) is 6.42 Å². The molecule has 76 valence electrons. The summed E-state index contributed by atoms with van der Waals surface area (Å²) in [5.41, 5.74) is 6.25. The molecular formula is C10H16N4. The third kappa shape index (κ3) is 3.94. The molecule has 4 heteroatoms. The van der Waals surface area contributed by atoms with Crippen molar-refractivity contribution in [1.29, 1.82) is 5.26 Å². The van der Waals surface area contributed by atoms with E-state index in [4.69, 9.17) is 11.0 Å². The lowest BCUT2D eigenvalue weighted by Gasteiger charge is -2.00. The minimum absolute atomic E-state index is 0.675. The van der Waals surface area contributed by atoms with E-state index in [-0.39, 0.29) is 0 Å². The molecule has 0 saturated heterocycles. The number of aryl methyl sites for hydroxylation is 1. The Morgan fingerprint density at radius 2 is 2.14 bits per heavy atom. The van der Waals surface area contributed by atoms with E-state index in [9.17, 15) is 0 Å². The fourth-order valence-corrected chi connectivity index (χ4v) is 1.33. The van der Waals surface area contributed by atoms with Crippen molar-refractivity contribution in [2.24, 2.45) is 0 Å². The van der Waals surface area contributed by atoms with Crippen molar-refractivity contribution < 1.29 is 0 Å². The summed E-state index contributed by atoms with van der Waals surface area (Å²) in [5.74, 6) is 0. The summed E-state index contributed by atoms with van der Waals surface area (Å²) in [4.78, 5) is 0. The molecule has 0 unspecified atom stereocenters. The Bertz CT molecular complexity index is 297. The fourth-order valence-electron chi connectivity index (χ4n) is 1.33. The lowest BCUT2D eigenvalue weighted by Crippen LogP contribution is -1.97. The van der Waals surface area contributed by atoms with Crippen molar-refractivity contribution in [3.8, 4) is 6.07 Å². The molecule has 0 radical (unpaired) electrons. The van der Waals surface area contributed by atoms with Gasteiger partial charge in [0.1, 0.15) is 0 Å². The Kier molecular flexibility index (Phi) is 4.56. The molecule has 0 aliphatic rings. The molecule has 0 saturated carbocycles.